The highest BCUT2D eigenvalue weighted by Crippen LogP contribution is 2.30. The zero-order valence-corrected chi connectivity index (χ0v) is 9.44. The van der Waals surface area contributed by atoms with Crippen LogP contribution in [-0.2, 0) is 0 Å². The lowest BCUT2D eigenvalue weighted by atomic mass is 9.89. The van der Waals surface area contributed by atoms with E-state index in [1.54, 1.807) is 7.11 Å². The average molecular weight is 216 g/mol. The SMILES string of the molecule is C=CCC1CN=C(N)c2cc(OC)ccc21. The van der Waals surface area contributed by atoms with Crippen LogP contribution in [0.5, 0.6) is 5.75 Å². The van der Waals surface area contributed by atoms with Gasteiger partial charge in [0.2, 0.25) is 0 Å². The summed E-state index contributed by atoms with van der Waals surface area (Å²) >= 11 is 0. The minimum atomic E-state index is 0.394. The Balaban J connectivity index is 2.44. The maximum absolute atomic E-state index is 5.90. The van der Waals surface area contributed by atoms with Crippen LogP contribution in [0.1, 0.15) is 23.5 Å². The molecule has 0 radical (unpaired) electrons. The molecule has 84 valence electrons. The number of aliphatic imine (C=N–C) groups is 1. The van der Waals surface area contributed by atoms with E-state index in [0.717, 1.165) is 24.3 Å². The highest BCUT2D eigenvalue weighted by atomic mass is 16.5. The van der Waals surface area contributed by atoms with Gasteiger partial charge in [0.05, 0.1) is 7.11 Å². The number of ether oxygens (including phenoxy) is 1. The molecule has 1 atom stereocenters. The molecule has 0 spiro atoms. The molecule has 1 unspecified atom stereocenters. The van der Waals surface area contributed by atoms with Crippen LogP contribution in [-0.4, -0.2) is 19.5 Å². The summed E-state index contributed by atoms with van der Waals surface area (Å²) in [5.41, 5.74) is 8.14. The van der Waals surface area contributed by atoms with Gasteiger partial charge in [-0.05, 0) is 24.1 Å². The molecular weight excluding hydrogens is 200 g/mol. The van der Waals surface area contributed by atoms with Gasteiger partial charge in [-0.2, -0.15) is 0 Å². The van der Waals surface area contributed by atoms with E-state index in [0.29, 0.717) is 11.8 Å². The topological polar surface area (TPSA) is 47.6 Å². The van der Waals surface area contributed by atoms with Gasteiger partial charge in [-0.15, -0.1) is 6.58 Å². The van der Waals surface area contributed by atoms with Crippen LogP contribution in [0.4, 0.5) is 0 Å². The summed E-state index contributed by atoms with van der Waals surface area (Å²) in [6.45, 7) is 4.52. The van der Waals surface area contributed by atoms with Crippen molar-refractivity contribution in [2.45, 2.75) is 12.3 Å². The molecule has 1 aliphatic heterocycles. The summed E-state index contributed by atoms with van der Waals surface area (Å²) in [6, 6.07) is 5.99. The van der Waals surface area contributed by atoms with E-state index in [4.69, 9.17) is 10.5 Å². The molecule has 0 aromatic heterocycles. The Morgan fingerprint density at radius 2 is 2.44 bits per heavy atom. The van der Waals surface area contributed by atoms with Gasteiger partial charge < -0.3 is 10.5 Å². The van der Waals surface area contributed by atoms with Crippen molar-refractivity contribution < 1.29 is 4.74 Å². The van der Waals surface area contributed by atoms with Gasteiger partial charge >= 0.3 is 0 Å². The van der Waals surface area contributed by atoms with Crippen molar-refractivity contribution in [3.05, 3.63) is 42.0 Å². The number of nitrogens with two attached hydrogens (primary N) is 1. The minimum Gasteiger partial charge on any atom is -0.497 e. The molecular formula is C13H16N2O. The standard InChI is InChI=1S/C13H16N2O/c1-3-4-9-8-15-13(14)12-7-10(16-2)5-6-11(9)12/h3,5-7,9H,1,4,8H2,2H3,(H2,14,15). The number of amidine groups is 1. The number of rotatable bonds is 3. The Morgan fingerprint density at radius 1 is 1.62 bits per heavy atom. The average Bonchev–Trinajstić information content (AvgIpc) is 2.33. The molecule has 0 amide bonds. The molecule has 3 heteroatoms. The predicted molar refractivity (Wildman–Crippen MR) is 66.1 cm³/mol. The molecule has 3 nitrogen and oxygen atoms in total. The van der Waals surface area contributed by atoms with Crippen molar-refractivity contribution in [1.82, 2.24) is 0 Å². The van der Waals surface area contributed by atoms with E-state index < -0.39 is 0 Å². The largest absolute Gasteiger partial charge is 0.497 e. The third-order valence-corrected chi connectivity index (χ3v) is 2.91. The number of benzene rings is 1. The van der Waals surface area contributed by atoms with E-state index in [9.17, 15) is 0 Å². The fraction of sp³-hybridized carbons (Fsp3) is 0.308. The number of fused-ring (bicyclic) bond motifs is 1. The molecule has 16 heavy (non-hydrogen) atoms. The Bertz CT molecular complexity index is 438. The van der Waals surface area contributed by atoms with Crippen molar-refractivity contribution in [2.24, 2.45) is 10.7 Å². The van der Waals surface area contributed by atoms with Crippen molar-refractivity contribution in [1.29, 1.82) is 0 Å². The molecule has 1 heterocycles. The van der Waals surface area contributed by atoms with Crippen molar-refractivity contribution in [3.8, 4) is 5.75 Å². The van der Waals surface area contributed by atoms with Crippen LogP contribution in [0.25, 0.3) is 0 Å². The molecule has 0 saturated heterocycles. The Kier molecular flexibility index (Phi) is 2.95. The van der Waals surface area contributed by atoms with E-state index in [1.165, 1.54) is 5.56 Å². The van der Waals surface area contributed by atoms with E-state index in [2.05, 4.69) is 17.6 Å². The summed E-state index contributed by atoms with van der Waals surface area (Å²) < 4.78 is 5.19. The summed E-state index contributed by atoms with van der Waals surface area (Å²) in [6.07, 6.45) is 2.85. The molecule has 1 aromatic rings. The first kappa shape index (κ1) is 10.7. The maximum atomic E-state index is 5.90. The quantitative estimate of drug-likeness (QED) is 0.786. The number of hydrogen-bond acceptors (Lipinski definition) is 3. The molecule has 0 saturated carbocycles. The highest BCUT2D eigenvalue weighted by molar-refractivity contribution is 6.00. The summed E-state index contributed by atoms with van der Waals surface area (Å²) in [7, 11) is 1.65. The van der Waals surface area contributed by atoms with Gasteiger partial charge in [0, 0.05) is 18.0 Å². The van der Waals surface area contributed by atoms with Gasteiger partial charge in [-0.3, -0.25) is 4.99 Å². The lowest BCUT2D eigenvalue weighted by molar-refractivity contribution is 0.414. The monoisotopic (exact) mass is 216 g/mol. The van der Waals surface area contributed by atoms with Crippen LogP contribution in [0, 0.1) is 0 Å². The summed E-state index contributed by atoms with van der Waals surface area (Å²) in [5.74, 6) is 1.82. The van der Waals surface area contributed by atoms with Crippen molar-refractivity contribution in [2.75, 3.05) is 13.7 Å². The molecule has 1 aliphatic rings. The second kappa shape index (κ2) is 4.39. The molecule has 0 fully saturated rings. The van der Waals surface area contributed by atoms with Gasteiger partial charge in [0.25, 0.3) is 0 Å². The first-order valence-corrected chi connectivity index (χ1v) is 5.35. The first-order chi connectivity index (χ1) is 7.76. The fourth-order valence-electron chi connectivity index (χ4n) is 2.03. The number of hydrogen-bond donors (Lipinski definition) is 1. The van der Waals surface area contributed by atoms with Gasteiger partial charge in [0.15, 0.2) is 0 Å². The number of allylic oxidation sites excluding steroid dienone is 1. The second-order valence-corrected chi connectivity index (χ2v) is 3.90. The van der Waals surface area contributed by atoms with Crippen LogP contribution in [0.15, 0.2) is 35.8 Å². The van der Waals surface area contributed by atoms with Crippen LogP contribution in [0.2, 0.25) is 0 Å². The van der Waals surface area contributed by atoms with Gasteiger partial charge in [-0.1, -0.05) is 12.1 Å². The predicted octanol–water partition coefficient (Wildman–Crippen LogP) is 2.07. The smallest absolute Gasteiger partial charge is 0.126 e. The number of nitrogens with zero attached hydrogens (tertiary/aromatic N) is 1. The Labute approximate surface area is 95.6 Å². The van der Waals surface area contributed by atoms with E-state index >= 15 is 0 Å². The van der Waals surface area contributed by atoms with Gasteiger partial charge in [-0.25, -0.2) is 0 Å². The fourth-order valence-corrected chi connectivity index (χ4v) is 2.03. The normalized spacial score (nSPS) is 18.6. The maximum Gasteiger partial charge on any atom is 0.126 e. The summed E-state index contributed by atoms with van der Waals surface area (Å²) in [5, 5.41) is 0. The Morgan fingerprint density at radius 3 is 3.12 bits per heavy atom. The molecule has 1 aromatic carbocycles. The zero-order chi connectivity index (χ0) is 11.5. The highest BCUT2D eigenvalue weighted by Gasteiger charge is 2.20. The lowest BCUT2D eigenvalue weighted by Crippen LogP contribution is -2.23. The first-order valence-electron chi connectivity index (χ1n) is 5.35. The van der Waals surface area contributed by atoms with Crippen LogP contribution >= 0.6 is 0 Å². The van der Waals surface area contributed by atoms with Crippen molar-refractivity contribution >= 4 is 5.84 Å². The van der Waals surface area contributed by atoms with Crippen LogP contribution < -0.4 is 10.5 Å². The molecule has 2 rings (SSSR count). The second-order valence-electron chi connectivity index (χ2n) is 3.90. The van der Waals surface area contributed by atoms with Crippen LogP contribution in [0.3, 0.4) is 0 Å². The molecule has 0 bridgehead atoms. The zero-order valence-electron chi connectivity index (χ0n) is 9.44. The third-order valence-electron chi connectivity index (χ3n) is 2.91. The minimum absolute atomic E-state index is 0.394. The lowest BCUT2D eigenvalue weighted by Gasteiger charge is -2.22. The Hall–Kier alpha value is -1.77. The summed E-state index contributed by atoms with van der Waals surface area (Å²) in [4.78, 5) is 4.34. The van der Waals surface area contributed by atoms with E-state index in [-0.39, 0.29) is 0 Å². The van der Waals surface area contributed by atoms with Gasteiger partial charge in [0.1, 0.15) is 11.6 Å². The van der Waals surface area contributed by atoms with Crippen molar-refractivity contribution in [3.63, 3.8) is 0 Å². The number of methoxy groups -OCH3 is 1. The molecule has 2 N–H and O–H groups in total. The molecule has 0 aliphatic carbocycles. The van der Waals surface area contributed by atoms with E-state index in [1.807, 2.05) is 18.2 Å². The third kappa shape index (κ3) is 1.81.